The van der Waals surface area contributed by atoms with Crippen LogP contribution in [-0.4, -0.2) is 26.9 Å². The predicted molar refractivity (Wildman–Crippen MR) is 122 cm³/mol. The van der Waals surface area contributed by atoms with Crippen LogP contribution in [0.1, 0.15) is 29.9 Å². The molecule has 0 aliphatic heterocycles. The minimum absolute atomic E-state index is 0.0422. The van der Waals surface area contributed by atoms with E-state index in [0.29, 0.717) is 11.3 Å². The molecule has 3 rings (SSSR count). The van der Waals surface area contributed by atoms with Crippen LogP contribution in [0.5, 0.6) is 0 Å². The molecule has 1 aromatic heterocycles. The Morgan fingerprint density at radius 2 is 1.76 bits per heavy atom. The molecule has 8 nitrogen and oxygen atoms in total. The molecule has 3 aromatic rings. The molecule has 1 heterocycles. The lowest BCUT2D eigenvalue weighted by Crippen LogP contribution is -2.30. The van der Waals surface area contributed by atoms with Crippen LogP contribution in [0.15, 0.2) is 88.4 Å². The van der Waals surface area contributed by atoms with E-state index in [1.165, 1.54) is 30.5 Å². The Morgan fingerprint density at radius 3 is 2.42 bits per heavy atom. The maximum Gasteiger partial charge on any atom is 0.331 e. The van der Waals surface area contributed by atoms with Crippen molar-refractivity contribution in [3.8, 4) is 0 Å². The predicted octanol–water partition coefficient (Wildman–Crippen LogP) is 3.19. The van der Waals surface area contributed by atoms with Crippen LogP contribution >= 0.6 is 0 Å². The molecule has 0 bridgehead atoms. The number of rotatable bonds is 10. The molecule has 0 saturated carbocycles. The minimum Gasteiger partial charge on any atom is -0.468 e. The highest BCUT2D eigenvalue weighted by Gasteiger charge is 2.14. The number of carbonyl (C=O) groups excluding carboxylic acids is 2. The highest BCUT2D eigenvalue weighted by molar-refractivity contribution is 7.89. The van der Waals surface area contributed by atoms with Crippen molar-refractivity contribution in [1.82, 2.24) is 10.0 Å². The topological polar surface area (TPSA) is 115 Å². The Morgan fingerprint density at radius 1 is 1.03 bits per heavy atom. The Kier molecular flexibility index (Phi) is 8.17. The van der Waals surface area contributed by atoms with Gasteiger partial charge in [-0.05, 0) is 48.4 Å². The van der Waals surface area contributed by atoms with Crippen molar-refractivity contribution in [3.63, 3.8) is 0 Å². The lowest BCUT2D eigenvalue weighted by molar-refractivity contribution is -0.144. The monoisotopic (exact) mass is 468 g/mol. The molecule has 0 spiro atoms. The fraction of sp³-hybridized carbons (Fsp3) is 0.167. The Balaban J connectivity index is 1.46. The van der Waals surface area contributed by atoms with Gasteiger partial charge >= 0.3 is 5.97 Å². The van der Waals surface area contributed by atoms with Gasteiger partial charge < -0.3 is 14.5 Å². The second-order valence-corrected chi connectivity index (χ2v) is 8.88. The number of sulfonamides is 1. The largest absolute Gasteiger partial charge is 0.468 e. The Bertz CT molecular complexity index is 1190. The third-order valence-electron chi connectivity index (χ3n) is 4.64. The van der Waals surface area contributed by atoms with Crippen LogP contribution in [0, 0.1) is 0 Å². The van der Waals surface area contributed by atoms with Gasteiger partial charge in [-0.1, -0.05) is 42.5 Å². The van der Waals surface area contributed by atoms with Gasteiger partial charge in [-0.25, -0.2) is 17.9 Å². The number of hydrogen-bond donors (Lipinski definition) is 2. The average molecular weight is 469 g/mol. The first kappa shape index (κ1) is 24.0. The summed E-state index contributed by atoms with van der Waals surface area (Å²) >= 11 is 0. The lowest BCUT2D eigenvalue weighted by atomic mass is 10.1. The van der Waals surface area contributed by atoms with Gasteiger partial charge in [-0.15, -0.1) is 0 Å². The SMILES string of the molecule is CC(NC(=O)COC(=O)/C=C/c1ccc(S(=O)(=O)NCc2ccco2)cc1)c1ccccc1. The van der Waals surface area contributed by atoms with Crippen LogP contribution in [0.3, 0.4) is 0 Å². The zero-order valence-electron chi connectivity index (χ0n) is 17.9. The van der Waals surface area contributed by atoms with E-state index in [1.807, 2.05) is 37.3 Å². The van der Waals surface area contributed by atoms with E-state index >= 15 is 0 Å². The van der Waals surface area contributed by atoms with E-state index in [1.54, 1.807) is 24.3 Å². The van der Waals surface area contributed by atoms with Gasteiger partial charge in [0.05, 0.1) is 23.7 Å². The number of nitrogens with one attached hydrogen (secondary N) is 2. The molecule has 0 fully saturated rings. The maximum absolute atomic E-state index is 12.3. The molecule has 0 saturated heterocycles. The van der Waals surface area contributed by atoms with Crippen LogP contribution in [0.2, 0.25) is 0 Å². The van der Waals surface area contributed by atoms with E-state index in [-0.39, 0.29) is 17.5 Å². The summed E-state index contributed by atoms with van der Waals surface area (Å²) in [7, 11) is -3.70. The van der Waals surface area contributed by atoms with Crippen LogP contribution < -0.4 is 10.0 Å². The van der Waals surface area contributed by atoms with E-state index in [9.17, 15) is 18.0 Å². The zero-order chi connectivity index (χ0) is 23.7. The summed E-state index contributed by atoms with van der Waals surface area (Å²) in [4.78, 5) is 24.0. The number of benzene rings is 2. The van der Waals surface area contributed by atoms with Crippen molar-refractivity contribution in [2.24, 2.45) is 0 Å². The first-order chi connectivity index (χ1) is 15.8. The molecule has 0 radical (unpaired) electrons. The van der Waals surface area contributed by atoms with Crippen molar-refractivity contribution in [2.75, 3.05) is 6.61 Å². The fourth-order valence-electron chi connectivity index (χ4n) is 2.88. The number of carbonyl (C=O) groups is 2. The highest BCUT2D eigenvalue weighted by atomic mass is 32.2. The quantitative estimate of drug-likeness (QED) is 0.349. The van der Waals surface area contributed by atoms with Crippen molar-refractivity contribution in [2.45, 2.75) is 24.4 Å². The zero-order valence-corrected chi connectivity index (χ0v) is 18.7. The molecule has 2 aromatic carbocycles. The molecule has 0 aliphatic rings. The molecule has 9 heteroatoms. The van der Waals surface area contributed by atoms with Crippen molar-refractivity contribution >= 4 is 28.0 Å². The van der Waals surface area contributed by atoms with Gasteiger partial charge in [0, 0.05) is 6.08 Å². The molecule has 33 heavy (non-hydrogen) atoms. The first-order valence-corrected chi connectivity index (χ1v) is 11.6. The molecule has 2 N–H and O–H groups in total. The Hall–Kier alpha value is -3.69. The van der Waals surface area contributed by atoms with E-state index in [4.69, 9.17) is 9.15 Å². The van der Waals surface area contributed by atoms with E-state index in [0.717, 1.165) is 5.56 Å². The Labute approximate surface area is 192 Å². The number of amides is 1. The third-order valence-corrected chi connectivity index (χ3v) is 6.06. The summed E-state index contributed by atoms with van der Waals surface area (Å²) in [5, 5.41) is 2.76. The summed E-state index contributed by atoms with van der Waals surface area (Å²) < 4.78 is 37.2. The van der Waals surface area contributed by atoms with Gasteiger partial charge in [-0.3, -0.25) is 4.79 Å². The van der Waals surface area contributed by atoms with Crippen LogP contribution in [0.25, 0.3) is 6.08 Å². The van der Waals surface area contributed by atoms with Crippen molar-refractivity contribution in [3.05, 3.63) is 96.0 Å². The van der Waals surface area contributed by atoms with E-state index in [2.05, 4.69) is 10.0 Å². The summed E-state index contributed by atoms with van der Waals surface area (Å²) in [5.41, 5.74) is 1.54. The highest BCUT2D eigenvalue weighted by Crippen LogP contribution is 2.13. The normalized spacial score (nSPS) is 12.4. The minimum atomic E-state index is -3.70. The summed E-state index contributed by atoms with van der Waals surface area (Å²) in [6.45, 7) is 1.48. The van der Waals surface area contributed by atoms with Gasteiger partial charge in [-0.2, -0.15) is 0 Å². The summed E-state index contributed by atoms with van der Waals surface area (Å²) in [6.07, 6.45) is 4.11. The standard InChI is InChI=1S/C24H24N2O6S/c1-18(20-6-3-2-4-7-20)26-23(27)17-32-24(28)14-11-19-9-12-22(13-10-19)33(29,30)25-16-21-8-5-15-31-21/h2-15,18,25H,16-17H2,1H3,(H,26,27)/b14-11+. The summed E-state index contributed by atoms with van der Waals surface area (Å²) in [5.74, 6) is -0.598. The molecule has 0 aliphatic carbocycles. The first-order valence-electron chi connectivity index (χ1n) is 10.1. The second kappa shape index (κ2) is 11.3. The lowest BCUT2D eigenvalue weighted by Gasteiger charge is -2.13. The van der Waals surface area contributed by atoms with Crippen molar-refractivity contribution < 1.29 is 27.2 Å². The van der Waals surface area contributed by atoms with Crippen LogP contribution in [0.4, 0.5) is 0 Å². The summed E-state index contributed by atoms with van der Waals surface area (Å²) in [6, 6.07) is 18.5. The van der Waals surface area contributed by atoms with Gasteiger partial charge in [0.25, 0.3) is 5.91 Å². The molecule has 1 atom stereocenters. The number of hydrogen-bond acceptors (Lipinski definition) is 6. The second-order valence-electron chi connectivity index (χ2n) is 7.11. The molecule has 172 valence electrons. The van der Waals surface area contributed by atoms with Crippen LogP contribution in [-0.2, 0) is 30.9 Å². The smallest absolute Gasteiger partial charge is 0.331 e. The fourth-order valence-corrected chi connectivity index (χ4v) is 3.87. The number of ether oxygens (including phenoxy) is 1. The molecule has 1 unspecified atom stereocenters. The van der Waals surface area contributed by atoms with Gasteiger partial charge in [0.2, 0.25) is 10.0 Å². The molecular weight excluding hydrogens is 444 g/mol. The molecular formula is C24H24N2O6S. The number of esters is 1. The maximum atomic E-state index is 12.3. The molecule has 1 amide bonds. The average Bonchev–Trinajstić information content (AvgIpc) is 3.35. The van der Waals surface area contributed by atoms with Gasteiger partial charge in [0.1, 0.15) is 5.76 Å². The van der Waals surface area contributed by atoms with Crippen molar-refractivity contribution in [1.29, 1.82) is 0 Å². The van der Waals surface area contributed by atoms with E-state index < -0.39 is 28.5 Å². The third kappa shape index (κ3) is 7.44. The number of furan rings is 1. The van der Waals surface area contributed by atoms with Gasteiger partial charge in [0.15, 0.2) is 6.61 Å².